The maximum Gasteiger partial charge on any atom is 0.264 e. The van der Waals surface area contributed by atoms with Crippen molar-refractivity contribution < 1.29 is 13.5 Å². The first-order chi connectivity index (χ1) is 9.51. The van der Waals surface area contributed by atoms with Crippen molar-refractivity contribution in [3.63, 3.8) is 0 Å². The summed E-state index contributed by atoms with van der Waals surface area (Å²) in [5.74, 6) is -0.139. The lowest BCUT2D eigenvalue weighted by atomic mass is 10.1. The molecule has 0 aromatic heterocycles. The van der Waals surface area contributed by atoms with Crippen LogP contribution in [0.15, 0.2) is 29.8 Å². The normalized spacial score (nSPS) is 11.3. The van der Waals surface area contributed by atoms with Crippen LogP contribution in [0.25, 0.3) is 0 Å². The van der Waals surface area contributed by atoms with E-state index in [2.05, 4.69) is 5.32 Å². The van der Waals surface area contributed by atoms with Crippen molar-refractivity contribution in [1.29, 1.82) is 10.8 Å². The maximum absolute atomic E-state index is 13.0. The molecule has 0 bridgehead atoms. The summed E-state index contributed by atoms with van der Waals surface area (Å²) in [6.45, 7) is 1.49. The van der Waals surface area contributed by atoms with Gasteiger partial charge in [-0.05, 0) is 19.1 Å². The van der Waals surface area contributed by atoms with Gasteiger partial charge in [-0.15, -0.1) is 0 Å². The van der Waals surface area contributed by atoms with Crippen LogP contribution in [0.2, 0.25) is 0 Å². The molecule has 6 heteroatoms. The van der Waals surface area contributed by atoms with Crippen LogP contribution in [-0.4, -0.2) is 19.2 Å². The van der Waals surface area contributed by atoms with Gasteiger partial charge in [0, 0.05) is 35.6 Å². The molecule has 0 amide bonds. The molecule has 0 radical (unpaired) electrons. The number of anilines is 1. The molecule has 0 unspecified atom stereocenters. The highest BCUT2D eigenvalue weighted by Gasteiger charge is 2.16. The number of ether oxygens (including phenoxy) is 1. The summed E-state index contributed by atoms with van der Waals surface area (Å²) in [5, 5.41) is 17.4. The number of hydrogen-bond donors (Lipinski definition) is 3. The van der Waals surface area contributed by atoms with Gasteiger partial charge in [-0.1, -0.05) is 12.1 Å². The Hall–Kier alpha value is -2.24. The van der Waals surface area contributed by atoms with Gasteiger partial charge in [-0.25, -0.2) is 8.78 Å². The number of alkyl halides is 2. The van der Waals surface area contributed by atoms with E-state index < -0.39 is 6.43 Å². The SMILES string of the molecule is CNc1cccc(C(F)F)c1COC(=N)/C(C)=C\C=N. The van der Waals surface area contributed by atoms with Gasteiger partial charge in [0.15, 0.2) is 0 Å². The Balaban J connectivity index is 2.94. The molecule has 0 aliphatic carbocycles. The van der Waals surface area contributed by atoms with Gasteiger partial charge >= 0.3 is 0 Å². The van der Waals surface area contributed by atoms with E-state index in [1.807, 2.05) is 0 Å². The molecule has 0 fully saturated rings. The van der Waals surface area contributed by atoms with E-state index in [1.54, 1.807) is 26.1 Å². The Kier molecular flexibility index (Phi) is 5.83. The van der Waals surface area contributed by atoms with E-state index >= 15 is 0 Å². The molecule has 0 spiro atoms. The number of allylic oxidation sites excluding steroid dienone is 1. The quantitative estimate of drug-likeness (QED) is 0.549. The van der Waals surface area contributed by atoms with Crippen LogP contribution < -0.4 is 5.32 Å². The molecule has 1 aromatic rings. The molecule has 1 aromatic carbocycles. The van der Waals surface area contributed by atoms with E-state index in [-0.39, 0.29) is 18.1 Å². The summed E-state index contributed by atoms with van der Waals surface area (Å²) < 4.78 is 31.2. The molecular formula is C14H17F2N3O. The minimum atomic E-state index is -2.60. The molecular weight excluding hydrogens is 264 g/mol. The average Bonchev–Trinajstić information content (AvgIpc) is 2.44. The fourth-order valence-electron chi connectivity index (χ4n) is 1.66. The Labute approximate surface area is 116 Å². The molecule has 0 saturated heterocycles. The zero-order chi connectivity index (χ0) is 15.1. The second-order valence-electron chi connectivity index (χ2n) is 4.06. The predicted molar refractivity (Wildman–Crippen MR) is 76.0 cm³/mol. The Bertz CT molecular complexity index is 527. The third kappa shape index (κ3) is 3.88. The minimum absolute atomic E-state index is 0.113. The van der Waals surface area contributed by atoms with Crippen LogP contribution in [-0.2, 0) is 11.3 Å². The lowest BCUT2D eigenvalue weighted by Crippen LogP contribution is -2.09. The first kappa shape index (κ1) is 15.8. The van der Waals surface area contributed by atoms with Crippen molar-refractivity contribution in [1.82, 2.24) is 0 Å². The third-order valence-electron chi connectivity index (χ3n) is 2.77. The van der Waals surface area contributed by atoms with Crippen LogP contribution >= 0.6 is 0 Å². The Morgan fingerprint density at radius 1 is 1.45 bits per heavy atom. The molecule has 108 valence electrons. The smallest absolute Gasteiger partial charge is 0.264 e. The number of nitrogens with one attached hydrogen (secondary N) is 3. The highest BCUT2D eigenvalue weighted by molar-refractivity contribution is 5.94. The number of hydrogen-bond acceptors (Lipinski definition) is 4. The second kappa shape index (κ2) is 7.37. The lowest BCUT2D eigenvalue weighted by Gasteiger charge is -2.15. The van der Waals surface area contributed by atoms with Gasteiger partial charge < -0.3 is 15.5 Å². The van der Waals surface area contributed by atoms with Crippen LogP contribution in [0, 0.1) is 10.8 Å². The summed E-state index contributed by atoms with van der Waals surface area (Å²) in [7, 11) is 1.64. The van der Waals surface area contributed by atoms with Crippen molar-refractivity contribution >= 4 is 17.8 Å². The van der Waals surface area contributed by atoms with Gasteiger partial charge in [0.1, 0.15) is 6.61 Å². The van der Waals surface area contributed by atoms with Crippen LogP contribution in [0.3, 0.4) is 0 Å². The number of benzene rings is 1. The predicted octanol–water partition coefficient (Wildman–Crippen LogP) is 3.76. The topological polar surface area (TPSA) is 69.0 Å². The van der Waals surface area contributed by atoms with Crippen molar-refractivity contribution in [2.24, 2.45) is 0 Å². The molecule has 20 heavy (non-hydrogen) atoms. The Morgan fingerprint density at radius 3 is 2.70 bits per heavy atom. The number of rotatable bonds is 6. The summed E-state index contributed by atoms with van der Waals surface area (Å²) in [6, 6.07) is 4.56. The monoisotopic (exact) mass is 281 g/mol. The second-order valence-corrected chi connectivity index (χ2v) is 4.06. The summed E-state index contributed by atoms with van der Waals surface area (Å²) in [4.78, 5) is 0. The molecule has 0 aliphatic heterocycles. The zero-order valence-electron chi connectivity index (χ0n) is 11.3. The third-order valence-corrected chi connectivity index (χ3v) is 2.77. The van der Waals surface area contributed by atoms with Gasteiger partial charge in [0.05, 0.1) is 0 Å². The van der Waals surface area contributed by atoms with E-state index in [1.165, 1.54) is 12.1 Å². The largest absolute Gasteiger partial charge is 0.473 e. The molecule has 0 saturated carbocycles. The van der Waals surface area contributed by atoms with E-state index in [4.69, 9.17) is 15.6 Å². The van der Waals surface area contributed by atoms with Crippen LogP contribution in [0.4, 0.5) is 14.5 Å². The summed E-state index contributed by atoms with van der Waals surface area (Å²) in [5.41, 5.74) is 1.22. The fourth-order valence-corrected chi connectivity index (χ4v) is 1.66. The van der Waals surface area contributed by atoms with E-state index in [0.29, 0.717) is 16.8 Å². The van der Waals surface area contributed by atoms with Crippen LogP contribution in [0.5, 0.6) is 0 Å². The summed E-state index contributed by atoms with van der Waals surface area (Å²) in [6.07, 6.45) is -0.158. The van der Waals surface area contributed by atoms with Crippen molar-refractivity contribution in [2.45, 2.75) is 20.0 Å². The minimum Gasteiger partial charge on any atom is -0.473 e. The lowest BCUT2D eigenvalue weighted by molar-refractivity contribution is 0.147. The molecule has 1 rings (SSSR count). The maximum atomic E-state index is 13.0. The standard InChI is InChI=1S/C14H17F2N3O/c1-9(6-7-17)14(18)20-8-11-10(13(15)16)4-3-5-12(11)19-2/h3-7,13,17-19H,8H2,1-2H3/b9-6-,17-7?,18-14?. The molecule has 3 N–H and O–H groups in total. The van der Waals surface area contributed by atoms with Crippen molar-refractivity contribution in [3.05, 3.63) is 41.0 Å². The van der Waals surface area contributed by atoms with Gasteiger partial charge in [-0.2, -0.15) is 0 Å². The highest BCUT2D eigenvalue weighted by Crippen LogP contribution is 2.29. The van der Waals surface area contributed by atoms with E-state index in [0.717, 1.165) is 6.21 Å². The molecule has 4 nitrogen and oxygen atoms in total. The first-order valence-corrected chi connectivity index (χ1v) is 5.98. The van der Waals surface area contributed by atoms with E-state index in [9.17, 15) is 8.78 Å². The number of halogens is 2. The molecule has 0 heterocycles. The van der Waals surface area contributed by atoms with Gasteiger partial charge in [0.25, 0.3) is 6.43 Å². The molecule has 0 aliphatic rings. The fraction of sp³-hybridized carbons (Fsp3) is 0.286. The van der Waals surface area contributed by atoms with Crippen molar-refractivity contribution in [2.75, 3.05) is 12.4 Å². The first-order valence-electron chi connectivity index (χ1n) is 5.98. The van der Waals surface area contributed by atoms with Crippen LogP contribution in [0.1, 0.15) is 24.5 Å². The highest BCUT2D eigenvalue weighted by atomic mass is 19.3. The van der Waals surface area contributed by atoms with Gasteiger partial charge in [-0.3, -0.25) is 5.41 Å². The Morgan fingerprint density at radius 2 is 2.15 bits per heavy atom. The molecule has 0 atom stereocenters. The zero-order valence-corrected chi connectivity index (χ0v) is 11.3. The summed E-state index contributed by atoms with van der Waals surface area (Å²) >= 11 is 0. The van der Waals surface area contributed by atoms with Gasteiger partial charge in [0.2, 0.25) is 5.90 Å². The van der Waals surface area contributed by atoms with Crippen molar-refractivity contribution in [3.8, 4) is 0 Å². The average molecular weight is 281 g/mol.